The molecule has 2 N–H and O–H groups in total. The monoisotopic (exact) mass is 270 g/mol. The first-order valence-corrected chi connectivity index (χ1v) is 7.02. The second-order valence-corrected chi connectivity index (χ2v) is 5.34. The third kappa shape index (κ3) is 4.23. The predicted molar refractivity (Wildman–Crippen MR) is 83.8 cm³/mol. The van der Waals surface area contributed by atoms with Gasteiger partial charge >= 0.3 is 0 Å². The molecule has 1 unspecified atom stereocenters. The van der Waals surface area contributed by atoms with Gasteiger partial charge in [0.1, 0.15) is 18.0 Å². The van der Waals surface area contributed by atoms with Crippen molar-refractivity contribution in [3.8, 4) is 0 Å². The van der Waals surface area contributed by atoms with E-state index in [2.05, 4.69) is 53.5 Å². The van der Waals surface area contributed by atoms with Crippen molar-refractivity contribution in [1.29, 1.82) is 0 Å². The fraction of sp³-hybridized carbons (Fsp3) is 0.375. The molecule has 0 aliphatic rings. The summed E-state index contributed by atoms with van der Waals surface area (Å²) in [6.07, 6.45) is 1.59. The molecule has 1 atom stereocenters. The highest BCUT2D eigenvalue weighted by Gasteiger charge is 2.06. The van der Waals surface area contributed by atoms with Gasteiger partial charge in [0, 0.05) is 18.7 Å². The quantitative estimate of drug-likeness (QED) is 0.840. The molecule has 0 aliphatic carbocycles. The van der Waals surface area contributed by atoms with Crippen molar-refractivity contribution >= 4 is 11.6 Å². The average Bonchev–Trinajstić information content (AvgIpc) is 2.46. The Balaban J connectivity index is 2.00. The zero-order valence-electron chi connectivity index (χ0n) is 12.3. The number of hydrogen-bond acceptors (Lipinski definition) is 4. The van der Waals surface area contributed by atoms with Crippen LogP contribution in [0.2, 0.25) is 0 Å². The van der Waals surface area contributed by atoms with E-state index in [1.165, 1.54) is 5.56 Å². The van der Waals surface area contributed by atoms with E-state index in [1.807, 2.05) is 24.3 Å². The normalized spacial score (nSPS) is 12.2. The molecule has 1 heterocycles. The zero-order valence-corrected chi connectivity index (χ0v) is 12.3. The lowest BCUT2D eigenvalue weighted by atomic mass is 10.1. The Morgan fingerprint density at radius 1 is 1.00 bits per heavy atom. The van der Waals surface area contributed by atoms with Crippen molar-refractivity contribution in [3.63, 3.8) is 0 Å². The van der Waals surface area contributed by atoms with E-state index >= 15 is 0 Å². The number of nitrogens with one attached hydrogen (secondary N) is 2. The summed E-state index contributed by atoms with van der Waals surface area (Å²) in [5.41, 5.74) is 1.24. The fourth-order valence-corrected chi connectivity index (χ4v) is 1.89. The molecule has 0 saturated heterocycles. The molecule has 4 nitrogen and oxygen atoms in total. The first kappa shape index (κ1) is 14.3. The van der Waals surface area contributed by atoms with Crippen LogP contribution in [0.15, 0.2) is 42.7 Å². The fourth-order valence-electron chi connectivity index (χ4n) is 1.89. The van der Waals surface area contributed by atoms with Gasteiger partial charge in [-0.15, -0.1) is 0 Å². The van der Waals surface area contributed by atoms with Gasteiger partial charge in [-0.3, -0.25) is 0 Å². The molecule has 1 aromatic heterocycles. The summed E-state index contributed by atoms with van der Waals surface area (Å²) in [6, 6.07) is 12.5. The molecule has 1 aromatic carbocycles. The first-order valence-electron chi connectivity index (χ1n) is 7.02. The summed E-state index contributed by atoms with van der Waals surface area (Å²) in [4.78, 5) is 8.50. The second-order valence-electron chi connectivity index (χ2n) is 5.34. The van der Waals surface area contributed by atoms with Crippen LogP contribution in [-0.2, 0) is 0 Å². The summed E-state index contributed by atoms with van der Waals surface area (Å²) in [7, 11) is 0. The largest absolute Gasteiger partial charge is 0.370 e. The Morgan fingerprint density at radius 3 is 2.40 bits per heavy atom. The minimum Gasteiger partial charge on any atom is -0.370 e. The average molecular weight is 270 g/mol. The van der Waals surface area contributed by atoms with E-state index in [-0.39, 0.29) is 6.04 Å². The second kappa shape index (κ2) is 6.89. The first-order chi connectivity index (χ1) is 9.65. The minimum absolute atomic E-state index is 0.212. The third-order valence-corrected chi connectivity index (χ3v) is 3.02. The molecular weight excluding hydrogens is 248 g/mol. The van der Waals surface area contributed by atoms with Crippen molar-refractivity contribution in [3.05, 3.63) is 48.3 Å². The number of benzene rings is 1. The maximum atomic E-state index is 4.27. The molecule has 0 saturated carbocycles. The van der Waals surface area contributed by atoms with Gasteiger partial charge in [-0.25, -0.2) is 9.97 Å². The van der Waals surface area contributed by atoms with Crippen molar-refractivity contribution in [2.24, 2.45) is 5.92 Å². The summed E-state index contributed by atoms with van der Waals surface area (Å²) < 4.78 is 0. The Hall–Kier alpha value is -2.10. The molecule has 2 rings (SSSR count). The van der Waals surface area contributed by atoms with Gasteiger partial charge < -0.3 is 10.6 Å². The third-order valence-electron chi connectivity index (χ3n) is 3.02. The molecule has 20 heavy (non-hydrogen) atoms. The van der Waals surface area contributed by atoms with Gasteiger partial charge in [-0.05, 0) is 18.4 Å². The van der Waals surface area contributed by atoms with Gasteiger partial charge in [0.15, 0.2) is 0 Å². The molecule has 2 aromatic rings. The van der Waals surface area contributed by atoms with Gasteiger partial charge in [-0.2, -0.15) is 0 Å². The topological polar surface area (TPSA) is 49.8 Å². The summed E-state index contributed by atoms with van der Waals surface area (Å²) in [5, 5.41) is 6.70. The van der Waals surface area contributed by atoms with Crippen molar-refractivity contribution < 1.29 is 0 Å². The van der Waals surface area contributed by atoms with E-state index in [9.17, 15) is 0 Å². The van der Waals surface area contributed by atoms with Crippen LogP contribution in [-0.4, -0.2) is 16.5 Å². The molecule has 0 radical (unpaired) electrons. The Labute approximate surface area is 120 Å². The van der Waals surface area contributed by atoms with Crippen LogP contribution in [0.5, 0.6) is 0 Å². The van der Waals surface area contributed by atoms with Crippen LogP contribution in [0, 0.1) is 5.92 Å². The molecular formula is C16H22N4. The number of anilines is 2. The Bertz CT molecular complexity index is 525. The van der Waals surface area contributed by atoms with Crippen molar-refractivity contribution in [2.45, 2.75) is 26.8 Å². The highest BCUT2D eigenvalue weighted by Crippen LogP contribution is 2.18. The molecule has 0 fully saturated rings. The van der Waals surface area contributed by atoms with E-state index in [0.29, 0.717) is 5.92 Å². The molecule has 0 aliphatic heterocycles. The van der Waals surface area contributed by atoms with Crippen LogP contribution < -0.4 is 10.6 Å². The lowest BCUT2D eigenvalue weighted by Crippen LogP contribution is -2.11. The maximum absolute atomic E-state index is 4.27. The Morgan fingerprint density at radius 2 is 1.70 bits per heavy atom. The lowest BCUT2D eigenvalue weighted by molar-refractivity contribution is 0.687. The van der Waals surface area contributed by atoms with E-state index < -0.39 is 0 Å². The smallest absolute Gasteiger partial charge is 0.131 e. The number of nitrogens with zero attached hydrogens (tertiary/aromatic N) is 2. The van der Waals surface area contributed by atoms with Crippen LogP contribution in [0.25, 0.3) is 0 Å². The molecule has 4 heteroatoms. The SMILES string of the molecule is CC(C)CNc1cc(NC(C)c2ccccc2)ncn1. The molecule has 0 bridgehead atoms. The maximum Gasteiger partial charge on any atom is 0.131 e. The van der Waals surface area contributed by atoms with Crippen LogP contribution in [0.4, 0.5) is 11.6 Å². The predicted octanol–water partition coefficient (Wildman–Crippen LogP) is 3.72. The minimum atomic E-state index is 0.212. The van der Waals surface area contributed by atoms with Crippen LogP contribution in [0.3, 0.4) is 0 Å². The highest BCUT2D eigenvalue weighted by molar-refractivity contribution is 5.47. The van der Waals surface area contributed by atoms with Gasteiger partial charge in [0.05, 0.1) is 0 Å². The van der Waals surface area contributed by atoms with E-state index in [1.54, 1.807) is 6.33 Å². The number of rotatable bonds is 6. The van der Waals surface area contributed by atoms with Crippen molar-refractivity contribution in [2.75, 3.05) is 17.2 Å². The van der Waals surface area contributed by atoms with Gasteiger partial charge in [-0.1, -0.05) is 44.2 Å². The standard InChI is InChI=1S/C16H22N4/c1-12(2)10-17-15-9-16(19-11-18-15)20-13(3)14-7-5-4-6-8-14/h4-9,11-13H,10H2,1-3H3,(H2,17,18,19,20). The zero-order chi connectivity index (χ0) is 14.4. The molecule has 0 spiro atoms. The van der Waals surface area contributed by atoms with E-state index in [4.69, 9.17) is 0 Å². The lowest BCUT2D eigenvalue weighted by Gasteiger charge is -2.15. The van der Waals surface area contributed by atoms with Crippen LogP contribution >= 0.6 is 0 Å². The van der Waals surface area contributed by atoms with Crippen LogP contribution in [0.1, 0.15) is 32.4 Å². The van der Waals surface area contributed by atoms with E-state index in [0.717, 1.165) is 18.2 Å². The highest BCUT2D eigenvalue weighted by atomic mass is 15.1. The number of aromatic nitrogens is 2. The van der Waals surface area contributed by atoms with Gasteiger partial charge in [0.25, 0.3) is 0 Å². The molecule has 0 amide bonds. The summed E-state index contributed by atoms with van der Waals surface area (Å²) in [6.45, 7) is 7.37. The van der Waals surface area contributed by atoms with Gasteiger partial charge in [0.2, 0.25) is 0 Å². The van der Waals surface area contributed by atoms with Crippen molar-refractivity contribution in [1.82, 2.24) is 9.97 Å². The summed E-state index contributed by atoms with van der Waals surface area (Å²) >= 11 is 0. The summed E-state index contributed by atoms with van der Waals surface area (Å²) in [5.74, 6) is 2.28. The molecule has 106 valence electrons. The Kier molecular flexibility index (Phi) is 4.93. The number of hydrogen-bond donors (Lipinski definition) is 2.